The number of fused-ring (bicyclic) bond motifs is 1. The second-order valence-electron chi connectivity index (χ2n) is 5.76. The number of likely N-dealkylation sites (tertiary alicyclic amines) is 1. The van der Waals surface area contributed by atoms with Crippen molar-refractivity contribution >= 4 is 27.0 Å². The molecule has 0 spiro atoms. The molecule has 2 aromatic rings. The van der Waals surface area contributed by atoms with Crippen molar-refractivity contribution in [1.29, 1.82) is 0 Å². The van der Waals surface area contributed by atoms with Gasteiger partial charge < -0.3 is 9.74 Å². The highest BCUT2D eigenvalue weighted by molar-refractivity contribution is 7.89. The van der Waals surface area contributed by atoms with Crippen LogP contribution in [0.15, 0.2) is 23.1 Å². The lowest BCUT2D eigenvalue weighted by Crippen LogP contribution is -2.34. The summed E-state index contributed by atoms with van der Waals surface area (Å²) in [5.41, 5.74) is 0.883. The Morgan fingerprint density at radius 2 is 2.00 bits per heavy atom. The van der Waals surface area contributed by atoms with Crippen molar-refractivity contribution in [2.75, 3.05) is 33.8 Å². The summed E-state index contributed by atoms with van der Waals surface area (Å²) in [4.78, 5) is 20.4. The van der Waals surface area contributed by atoms with Crippen LogP contribution in [-0.4, -0.2) is 72.5 Å². The summed E-state index contributed by atoms with van der Waals surface area (Å²) >= 11 is 0. The Morgan fingerprint density at radius 1 is 1.29 bits per heavy atom. The van der Waals surface area contributed by atoms with Crippen LogP contribution < -0.4 is 4.84 Å². The van der Waals surface area contributed by atoms with Crippen molar-refractivity contribution in [2.24, 2.45) is 0 Å². The fourth-order valence-corrected chi connectivity index (χ4v) is 3.44. The summed E-state index contributed by atoms with van der Waals surface area (Å²) in [7, 11) is -0.656. The van der Waals surface area contributed by atoms with Crippen molar-refractivity contribution in [3.05, 3.63) is 18.2 Å². The first-order chi connectivity index (χ1) is 11.4. The molecule has 0 saturated carbocycles. The highest BCUT2D eigenvalue weighted by Crippen LogP contribution is 2.19. The molecule has 10 heteroatoms. The first kappa shape index (κ1) is 16.7. The molecule has 0 aliphatic carbocycles. The Balaban J connectivity index is 1.82. The molecule has 0 unspecified atom stereocenters. The predicted octanol–water partition coefficient (Wildman–Crippen LogP) is -0.267. The third-order valence-corrected chi connectivity index (χ3v) is 5.75. The van der Waals surface area contributed by atoms with E-state index in [2.05, 4.69) is 10.3 Å². The van der Waals surface area contributed by atoms with Gasteiger partial charge in [-0.2, -0.15) is 0 Å². The van der Waals surface area contributed by atoms with Crippen LogP contribution in [0.2, 0.25) is 0 Å². The quantitative estimate of drug-likeness (QED) is 0.734. The zero-order chi connectivity index (χ0) is 17.3. The molecule has 1 amide bonds. The van der Waals surface area contributed by atoms with Crippen molar-refractivity contribution in [2.45, 2.75) is 17.7 Å². The second-order valence-corrected chi connectivity index (χ2v) is 7.91. The van der Waals surface area contributed by atoms with Gasteiger partial charge in [-0.25, -0.2) is 12.7 Å². The Kier molecular flexibility index (Phi) is 4.41. The number of amides is 1. The van der Waals surface area contributed by atoms with Crippen LogP contribution >= 0.6 is 0 Å². The predicted molar refractivity (Wildman–Crippen MR) is 85.7 cm³/mol. The Labute approximate surface area is 139 Å². The molecule has 0 bridgehead atoms. The Bertz CT molecular complexity index is 855. The minimum Gasteiger partial charge on any atom is -0.385 e. The number of benzene rings is 1. The van der Waals surface area contributed by atoms with Crippen molar-refractivity contribution in [3.63, 3.8) is 0 Å². The van der Waals surface area contributed by atoms with E-state index in [0.717, 1.165) is 35.1 Å². The number of carbonyl (C=O) groups is 1. The molecule has 1 aliphatic rings. The van der Waals surface area contributed by atoms with Crippen LogP contribution in [0.5, 0.6) is 0 Å². The van der Waals surface area contributed by atoms with Crippen molar-refractivity contribution < 1.29 is 18.0 Å². The van der Waals surface area contributed by atoms with Gasteiger partial charge in [-0.1, -0.05) is 4.85 Å². The molecule has 3 rings (SSSR count). The number of rotatable bonds is 5. The molecule has 1 aliphatic heterocycles. The van der Waals surface area contributed by atoms with Gasteiger partial charge in [0.1, 0.15) is 11.0 Å². The van der Waals surface area contributed by atoms with Gasteiger partial charge in [0, 0.05) is 27.2 Å². The molecule has 1 fully saturated rings. The van der Waals surface area contributed by atoms with E-state index in [0.29, 0.717) is 11.0 Å². The van der Waals surface area contributed by atoms with E-state index in [-0.39, 0.29) is 17.4 Å². The van der Waals surface area contributed by atoms with Gasteiger partial charge >= 0.3 is 0 Å². The van der Waals surface area contributed by atoms with Gasteiger partial charge in [-0.05, 0) is 36.3 Å². The highest BCUT2D eigenvalue weighted by atomic mass is 32.2. The third-order valence-electron chi connectivity index (χ3n) is 3.93. The topological polar surface area (TPSA) is 97.6 Å². The van der Waals surface area contributed by atoms with Gasteiger partial charge in [0.05, 0.1) is 4.90 Å². The molecule has 0 radical (unpaired) electrons. The average molecular weight is 353 g/mol. The lowest BCUT2D eigenvalue weighted by atomic mass is 10.3. The summed E-state index contributed by atoms with van der Waals surface area (Å²) in [5, 5.41) is 7.74. The number of nitrogens with zero attached hydrogens (tertiary/aromatic N) is 5. The zero-order valence-corrected chi connectivity index (χ0v) is 14.4. The van der Waals surface area contributed by atoms with E-state index < -0.39 is 10.0 Å². The molecule has 0 atom stereocenters. The molecule has 1 saturated heterocycles. The number of carbonyl (C=O) groups excluding carboxylic acids is 1. The number of aromatic nitrogens is 3. The van der Waals surface area contributed by atoms with E-state index in [4.69, 9.17) is 4.84 Å². The molecule has 1 aromatic heterocycles. The molecular weight excluding hydrogens is 334 g/mol. The second kappa shape index (κ2) is 6.36. The molecule has 9 nitrogen and oxygen atoms in total. The van der Waals surface area contributed by atoms with E-state index in [1.807, 2.05) is 0 Å². The Morgan fingerprint density at radius 3 is 2.67 bits per heavy atom. The molecule has 24 heavy (non-hydrogen) atoms. The van der Waals surface area contributed by atoms with Crippen molar-refractivity contribution in [3.8, 4) is 0 Å². The van der Waals surface area contributed by atoms with Crippen LogP contribution in [0.3, 0.4) is 0 Å². The summed E-state index contributed by atoms with van der Waals surface area (Å²) in [6.45, 7) is 1.32. The fraction of sp³-hybridized carbons (Fsp3) is 0.500. The summed E-state index contributed by atoms with van der Waals surface area (Å²) in [5.74, 6) is -0.117. The number of hydrogen-bond acceptors (Lipinski definition) is 6. The van der Waals surface area contributed by atoms with Crippen LogP contribution in [0.4, 0.5) is 0 Å². The summed E-state index contributed by atoms with van der Waals surface area (Å²) < 4.78 is 25.6. The standard InChI is InChI=1S/C14H19N5O4S/c1-17(2)24(21,22)11-5-6-12-13(9-11)19(16-15-12)23-10-14(20)18-7-3-4-8-18/h5-6,9H,3-4,7-8,10H2,1-2H3. The van der Waals surface area contributed by atoms with E-state index in [1.165, 1.54) is 26.2 Å². The van der Waals surface area contributed by atoms with Crippen LogP contribution in [0.25, 0.3) is 11.0 Å². The number of sulfonamides is 1. The van der Waals surface area contributed by atoms with Gasteiger partial charge in [-0.15, -0.1) is 5.10 Å². The van der Waals surface area contributed by atoms with Gasteiger partial charge in [0.25, 0.3) is 5.91 Å². The molecule has 130 valence electrons. The lowest BCUT2D eigenvalue weighted by molar-refractivity contribution is -0.135. The average Bonchev–Trinajstić information content (AvgIpc) is 3.21. The van der Waals surface area contributed by atoms with Gasteiger partial charge in [0.2, 0.25) is 10.0 Å². The molecule has 2 heterocycles. The largest absolute Gasteiger partial charge is 0.385 e. The zero-order valence-electron chi connectivity index (χ0n) is 13.5. The monoisotopic (exact) mass is 353 g/mol. The highest BCUT2D eigenvalue weighted by Gasteiger charge is 2.21. The van der Waals surface area contributed by atoms with Crippen molar-refractivity contribution in [1.82, 2.24) is 24.4 Å². The molecule has 1 aromatic carbocycles. The van der Waals surface area contributed by atoms with Crippen LogP contribution in [0.1, 0.15) is 12.8 Å². The van der Waals surface area contributed by atoms with Crippen LogP contribution in [-0.2, 0) is 14.8 Å². The first-order valence-corrected chi connectivity index (χ1v) is 9.02. The SMILES string of the molecule is CN(C)S(=O)(=O)c1ccc2nnn(OCC(=O)N3CCCC3)c2c1. The van der Waals surface area contributed by atoms with Gasteiger partial charge in [0.15, 0.2) is 6.61 Å². The van der Waals surface area contributed by atoms with Gasteiger partial charge in [-0.3, -0.25) is 4.79 Å². The summed E-state index contributed by atoms with van der Waals surface area (Å²) in [6.07, 6.45) is 2.01. The van der Waals surface area contributed by atoms with E-state index in [9.17, 15) is 13.2 Å². The minimum absolute atomic E-state index is 0.109. The maximum absolute atomic E-state index is 12.2. The fourth-order valence-electron chi connectivity index (χ4n) is 2.52. The number of hydrogen-bond donors (Lipinski definition) is 0. The first-order valence-electron chi connectivity index (χ1n) is 7.58. The minimum atomic E-state index is -3.57. The van der Waals surface area contributed by atoms with Crippen LogP contribution in [0, 0.1) is 0 Å². The summed E-state index contributed by atoms with van der Waals surface area (Å²) in [6, 6.07) is 4.46. The maximum Gasteiger partial charge on any atom is 0.263 e. The lowest BCUT2D eigenvalue weighted by Gasteiger charge is -2.15. The Hall–Kier alpha value is -2.20. The van der Waals surface area contributed by atoms with E-state index in [1.54, 1.807) is 11.0 Å². The smallest absolute Gasteiger partial charge is 0.263 e. The third kappa shape index (κ3) is 3.06. The normalized spacial score (nSPS) is 15.4. The molecular formula is C14H19N5O4S. The molecule has 0 N–H and O–H groups in total. The van der Waals surface area contributed by atoms with E-state index >= 15 is 0 Å². The maximum atomic E-state index is 12.2.